The van der Waals surface area contributed by atoms with E-state index in [0.29, 0.717) is 18.1 Å². The number of nitrogens with one attached hydrogen (secondary N) is 2. The van der Waals surface area contributed by atoms with Crippen LogP contribution in [0.25, 0.3) is 0 Å². The predicted octanol–water partition coefficient (Wildman–Crippen LogP) is 2.09. The molecule has 0 aromatic carbocycles. The number of nitrogens with zero attached hydrogens (tertiary/aromatic N) is 2. The Bertz CT molecular complexity index is 457. The van der Waals surface area contributed by atoms with Crippen molar-refractivity contribution < 1.29 is 14.1 Å². The van der Waals surface area contributed by atoms with Crippen LogP contribution < -0.4 is 10.6 Å². The monoisotopic (exact) mass is 296 g/mol. The third kappa shape index (κ3) is 4.17. The average Bonchev–Trinajstić information content (AvgIpc) is 3.13. The van der Waals surface area contributed by atoms with Crippen LogP contribution in [0.15, 0.2) is 4.52 Å². The van der Waals surface area contributed by atoms with Crippen molar-refractivity contribution in [1.29, 1.82) is 0 Å². The molecule has 7 nitrogen and oxygen atoms in total. The summed E-state index contributed by atoms with van der Waals surface area (Å²) in [5.74, 6) is 1.01. The number of amides is 2. The Hall–Kier alpha value is -1.63. The zero-order valence-corrected chi connectivity index (χ0v) is 12.9. The molecule has 2 amide bonds. The number of carbonyl (C=O) groups is 1. The number of hydrogen-bond acceptors (Lipinski definition) is 5. The lowest BCUT2D eigenvalue weighted by molar-refractivity contribution is 0.0794. The van der Waals surface area contributed by atoms with E-state index in [4.69, 9.17) is 9.26 Å². The van der Waals surface area contributed by atoms with E-state index in [1.165, 1.54) is 0 Å². The van der Waals surface area contributed by atoms with Crippen molar-refractivity contribution in [3.63, 3.8) is 0 Å². The van der Waals surface area contributed by atoms with Gasteiger partial charge in [0.2, 0.25) is 5.89 Å². The average molecular weight is 296 g/mol. The smallest absolute Gasteiger partial charge is 0.315 e. The van der Waals surface area contributed by atoms with E-state index in [2.05, 4.69) is 20.8 Å². The lowest BCUT2D eigenvalue weighted by atomic mass is 10.1. The highest BCUT2D eigenvalue weighted by molar-refractivity contribution is 5.74. The quantitative estimate of drug-likeness (QED) is 0.839. The summed E-state index contributed by atoms with van der Waals surface area (Å²) in [6.45, 7) is 6.53. The molecule has 1 aliphatic rings. The van der Waals surface area contributed by atoms with Gasteiger partial charge in [0, 0.05) is 13.5 Å². The van der Waals surface area contributed by atoms with Crippen molar-refractivity contribution >= 4 is 6.03 Å². The Morgan fingerprint density at radius 2 is 2.19 bits per heavy atom. The minimum absolute atomic E-state index is 0.0389. The van der Waals surface area contributed by atoms with Crippen molar-refractivity contribution in [2.24, 2.45) is 0 Å². The van der Waals surface area contributed by atoms with Crippen molar-refractivity contribution in [2.75, 3.05) is 6.61 Å². The van der Waals surface area contributed by atoms with E-state index in [-0.39, 0.29) is 24.2 Å². The molecule has 2 heterocycles. The number of carbonyl (C=O) groups excluding carboxylic acids is 1. The molecule has 1 saturated heterocycles. The first kappa shape index (κ1) is 15.8. The molecule has 1 aromatic heterocycles. The van der Waals surface area contributed by atoms with Gasteiger partial charge in [-0.3, -0.25) is 0 Å². The van der Waals surface area contributed by atoms with Crippen molar-refractivity contribution in [3.8, 4) is 0 Å². The van der Waals surface area contributed by atoms with E-state index in [0.717, 1.165) is 25.9 Å². The molecule has 118 valence electrons. The van der Waals surface area contributed by atoms with Crippen LogP contribution in [0.2, 0.25) is 0 Å². The van der Waals surface area contributed by atoms with Crippen LogP contribution in [0.1, 0.15) is 57.3 Å². The molecular weight excluding hydrogens is 272 g/mol. The summed E-state index contributed by atoms with van der Waals surface area (Å²) < 4.78 is 10.6. The molecule has 0 aliphatic carbocycles. The molecule has 1 aliphatic heterocycles. The molecule has 3 atom stereocenters. The van der Waals surface area contributed by atoms with Gasteiger partial charge in [0.1, 0.15) is 0 Å². The summed E-state index contributed by atoms with van der Waals surface area (Å²) in [7, 11) is 0. The lowest BCUT2D eigenvalue weighted by Gasteiger charge is -2.24. The highest BCUT2D eigenvalue weighted by Crippen LogP contribution is 2.18. The third-order valence-electron chi connectivity index (χ3n) is 3.74. The van der Waals surface area contributed by atoms with Gasteiger partial charge >= 0.3 is 6.03 Å². The molecule has 0 spiro atoms. The van der Waals surface area contributed by atoms with Crippen LogP contribution in [-0.2, 0) is 4.74 Å². The fraction of sp³-hybridized carbons (Fsp3) is 0.786. The van der Waals surface area contributed by atoms with Gasteiger partial charge in [0.05, 0.1) is 18.2 Å². The first-order chi connectivity index (χ1) is 10.1. The fourth-order valence-corrected chi connectivity index (χ4v) is 2.55. The Kier molecular flexibility index (Phi) is 5.55. The zero-order chi connectivity index (χ0) is 15.2. The van der Waals surface area contributed by atoms with Crippen LogP contribution in [0.4, 0.5) is 4.79 Å². The van der Waals surface area contributed by atoms with Crippen LogP contribution in [0.3, 0.4) is 0 Å². The van der Waals surface area contributed by atoms with Gasteiger partial charge in [-0.25, -0.2) is 4.79 Å². The van der Waals surface area contributed by atoms with Gasteiger partial charge in [-0.05, 0) is 25.7 Å². The maximum atomic E-state index is 12.2. The minimum Gasteiger partial charge on any atom is -0.376 e. The largest absolute Gasteiger partial charge is 0.376 e. The summed E-state index contributed by atoms with van der Waals surface area (Å²) in [6.07, 6.45) is 3.72. The zero-order valence-electron chi connectivity index (χ0n) is 12.9. The highest BCUT2D eigenvalue weighted by Gasteiger charge is 2.27. The Morgan fingerprint density at radius 3 is 2.71 bits per heavy atom. The molecular formula is C14H24N4O3. The second-order valence-electron chi connectivity index (χ2n) is 5.32. The summed E-state index contributed by atoms with van der Waals surface area (Å²) in [5.41, 5.74) is 0. The topological polar surface area (TPSA) is 89.3 Å². The maximum Gasteiger partial charge on any atom is 0.315 e. The second-order valence-corrected chi connectivity index (χ2v) is 5.32. The Labute approximate surface area is 124 Å². The van der Waals surface area contributed by atoms with Crippen molar-refractivity contribution in [2.45, 2.75) is 64.6 Å². The molecule has 0 radical (unpaired) electrons. The SMILES string of the molecule is CCC(NC(=O)NC(CC)C1CCCO1)c1noc(C)n1. The molecule has 2 N–H and O–H groups in total. The van der Waals surface area contributed by atoms with Gasteiger partial charge in [0.15, 0.2) is 5.82 Å². The van der Waals surface area contributed by atoms with E-state index < -0.39 is 0 Å². The van der Waals surface area contributed by atoms with Crippen LogP contribution >= 0.6 is 0 Å². The molecule has 21 heavy (non-hydrogen) atoms. The lowest BCUT2D eigenvalue weighted by Crippen LogP contribution is -2.48. The fourth-order valence-electron chi connectivity index (χ4n) is 2.55. The molecule has 3 unspecified atom stereocenters. The number of hydrogen-bond donors (Lipinski definition) is 2. The molecule has 1 fully saturated rings. The first-order valence-electron chi connectivity index (χ1n) is 7.62. The molecule has 2 rings (SSSR count). The van der Waals surface area contributed by atoms with Gasteiger partial charge in [-0.15, -0.1) is 0 Å². The third-order valence-corrected chi connectivity index (χ3v) is 3.74. The van der Waals surface area contributed by atoms with Gasteiger partial charge in [-0.1, -0.05) is 19.0 Å². The Balaban J connectivity index is 1.89. The number of rotatable bonds is 6. The van der Waals surface area contributed by atoms with Crippen LogP contribution in [-0.4, -0.2) is 34.9 Å². The van der Waals surface area contributed by atoms with E-state index >= 15 is 0 Å². The normalized spacial score (nSPS) is 21.0. The van der Waals surface area contributed by atoms with Crippen LogP contribution in [0.5, 0.6) is 0 Å². The number of aromatic nitrogens is 2. The van der Waals surface area contributed by atoms with Gasteiger partial charge < -0.3 is 19.9 Å². The van der Waals surface area contributed by atoms with E-state index in [1.54, 1.807) is 6.92 Å². The van der Waals surface area contributed by atoms with Gasteiger partial charge in [0.25, 0.3) is 0 Å². The van der Waals surface area contributed by atoms with Crippen molar-refractivity contribution in [3.05, 3.63) is 11.7 Å². The molecule has 0 bridgehead atoms. The maximum absolute atomic E-state index is 12.2. The van der Waals surface area contributed by atoms with E-state index in [1.807, 2.05) is 13.8 Å². The number of aryl methyl sites for hydroxylation is 1. The summed E-state index contributed by atoms with van der Waals surface area (Å²) in [5, 5.41) is 9.75. The minimum atomic E-state index is -0.246. The van der Waals surface area contributed by atoms with Crippen molar-refractivity contribution in [1.82, 2.24) is 20.8 Å². The summed E-state index contributed by atoms with van der Waals surface area (Å²) >= 11 is 0. The molecule has 7 heteroatoms. The second kappa shape index (κ2) is 7.40. The summed E-state index contributed by atoms with van der Waals surface area (Å²) in [4.78, 5) is 16.3. The van der Waals surface area contributed by atoms with E-state index in [9.17, 15) is 4.79 Å². The summed E-state index contributed by atoms with van der Waals surface area (Å²) in [6, 6.07) is -0.423. The van der Waals surface area contributed by atoms with Gasteiger partial charge in [-0.2, -0.15) is 4.98 Å². The number of urea groups is 1. The Morgan fingerprint density at radius 1 is 1.38 bits per heavy atom. The molecule has 0 saturated carbocycles. The first-order valence-corrected chi connectivity index (χ1v) is 7.62. The van der Waals surface area contributed by atoms with Crippen LogP contribution in [0, 0.1) is 6.92 Å². The highest BCUT2D eigenvalue weighted by atomic mass is 16.5. The number of ether oxygens (including phenoxy) is 1. The predicted molar refractivity (Wildman–Crippen MR) is 76.8 cm³/mol. The molecule has 1 aromatic rings. The standard InChI is InChI=1S/C14H24N4O3/c1-4-10(12-7-6-8-20-12)16-14(19)17-11(5-2)13-15-9(3)21-18-13/h10-12H,4-8H2,1-3H3,(H2,16,17,19).